The Kier molecular flexibility index (Phi) is 3.96. The van der Waals surface area contributed by atoms with Crippen molar-refractivity contribution < 1.29 is 14.0 Å². The first-order chi connectivity index (χ1) is 12.6. The molecule has 0 unspecified atom stereocenters. The fraction of sp³-hybridized carbons (Fsp3) is 0.235. The van der Waals surface area contributed by atoms with Crippen molar-refractivity contribution in [1.82, 2.24) is 19.7 Å². The fourth-order valence-electron chi connectivity index (χ4n) is 2.78. The van der Waals surface area contributed by atoms with Crippen LogP contribution in [-0.2, 0) is 11.8 Å². The predicted octanol–water partition coefficient (Wildman–Crippen LogP) is 1.65. The van der Waals surface area contributed by atoms with Gasteiger partial charge in [0.1, 0.15) is 12.0 Å². The van der Waals surface area contributed by atoms with Crippen LogP contribution in [0.15, 0.2) is 35.2 Å². The standard InChI is InChI=1S/C17H15N6O3/c1-22-9-12(15(21-22)23-8-2-3-14(23)24)19-16(25)13-10-26-17(20-13)11-4-6-18-7-5-11/h4-6,9-10H,2-3,8H2,1H3,(H,19,25). The maximum absolute atomic E-state index is 12.5. The van der Waals surface area contributed by atoms with E-state index in [1.807, 2.05) is 0 Å². The van der Waals surface area contributed by atoms with Gasteiger partial charge in [-0.1, -0.05) is 0 Å². The molecule has 0 spiro atoms. The number of amides is 2. The van der Waals surface area contributed by atoms with E-state index >= 15 is 0 Å². The second-order valence-electron chi connectivity index (χ2n) is 5.85. The Bertz CT molecular complexity index is 962. The van der Waals surface area contributed by atoms with E-state index in [9.17, 15) is 9.59 Å². The lowest BCUT2D eigenvalue weighted by molar-refractivity contribution is -0.117. The number of carbonyl (C=O) groups is 2. The van der Waals surface area contributed by atoms with Crippen LogP contribution >= 0.6 is 0 Å². The molecule has 1 saturated heterocycles. The third kappa shape index (κ3) is 2.94. The first kappa shape index (κ1) is 16.0. The lowest BCUT2D eigenvalue weighted by Crippen LogP contribution is -2.26. The van der Waals surface area contributed by atoms with Crippen LogP contribution in [0.3, 0.4) is 0 Å². The molecule has 4 rings (SSSR count). The van der Waals surface area contributed by atoms with Gasteiger partial charge in [-0.2, -0.15) is 5.10 Å². The zero-order valence-corrected chi connectivity index (χ0v) is 14.0. The molecule has 0 atom stereocenters. The smallest absolute Gasteiger partial charge is 0.277 e. The molecule has 3 aromatic rings. The monoisotopic (exact) mass is 351 g/mol. The van der Waals surface area contributed by atoms with E-state index in [1.54, 1.807) is 41.2 Å². The molecule has 0 aromatic carbocycles. The lowest BCUT2D eigenvalue weighted by atomic mass is 10.3. The van der Waals surface area contributed by atoms with E-state index in [0.717, 1.165) is 6.42 Å². The van der Waals surface area contributed by atoms with Crippen LogP contribution in [0.2, 0.25) is 0 Å². The van der Waals surface area contributed by atoms with Gasteiger partial charge in [0.05, 0.1) is 12.4 Å². The normalized spacial score (nSPS) is 14.0. The summed E-state index contributed by atoms with van der Waals surface area (Å²) in [5.41, 5.74) is 1.25. The van der Waals surface area contributed by atoms with Crippen molar-refractivity contribution in [1.29, 1.82) is 0 Å². The van der Waals surface area contributed by atoms with Crippen LogP contribution in [0.4, 0.5) is 11.5 Å². The summed E-state index contributed by atoms with van der Waals surface area (Å²) < 4.78 is 6.91. The topological polar surface area (TPSA) is 106 Å². The molecule has 1 N–H and O–H groups in total. The summed E-state index contributed by atoms with van der Waals surface area (Å²) in [6.45, 7) is 0.589. The quantitative estimate of drug-likeness (QED) is 0.766. The number of anilines is 2. The summed E-state index contributed by atoms with van der Waals surface area (Å²) >= 11 is 0. The summed E-state index contributed by atoms with van der Waals surface area (Å²) in [6, 6.07) is 3.33. The predicted molar refractivity (Wildman–Crippen MR) is 91.3 cm³/mol. The molecule has 1 fully saturated rings. The SMILES string of the molecule is Cn1cc(NC(=O)c2coc(-c3c[c]ncc3)n2)c(N2CCCC2=O)n1. The molecule has 3 aromatic heterocycles. The van der Waals surface area contributed by atoms with Crippen molar-refractivity contribution in [3.05, 3.63) is 42.7 Å². The minimum absolute atomic E-state index is 0.00291. The molecule has 9 nitrogen and oxygen atoms in total. The molecular weight excluding hydrogens is 336 g/mol. The Morgan fingerprint density at radius 3 is 3.04 bits per heavy atom. The Morgan fingerprint density at radius 2 is 2.31 bits per heavy atom. The number of rotatable bonds is 4. The highest BCUT2D eigenvalue weighted by Crippen LogP contribution is 2.28. The highest BCUT2D eigenvalue weighted by atomic mass is 16.3. The number of hydrogen-bond acceptors (Lipinski definition) is 6. The molecule has 9 heteroatoms. The van der Waals surface area contributed by atoms with Gasteiger partial charge in [-0.15, -0.1) is 0 Å². The van der Waals surface area contributed by atoms with Gasteiger partial charge >= 0.3 is 0 Å². The van der Waals surface area contributed by atoms with Gasteiger partial charge in [0.25, 0.3) is 5.91 Å². The molecule has 131 valence electrons. The summed E-state index contributed by atoms with van der Waals surface area (Å²) in [6.07, 6.45) is 8.44. The molecule has 0 bridgehead atoms. The lowest BCUT2D eigenvalue weighted by Gasteiger charge is -2.14. The highest BCUT2D eigenvalue weighted by Gasteiger charge is 2.27. The van der Waals surface area contributed by atoms with Crippen LogP contribution in [-0.4, -0.2) is 38.1 Å². The van der Waals surface area contributed by atoms with E-state index in [0.29, 0.717) is 35.9 Å². The Hall–Kier alpha value is -3.49. The first-order valence-corrected chi connectivity index (χ1v) is 8.05. The van der Waals surface area contributed by atoms with Gasteiger partial charge in [-0.05, 0) is 18.6 Å². The molecule has 1 radical (unpaired) electrons. The summed E-state index contributed by atoms with van der Waals surface area (Å²) in [5, 5.41) is 7.05. The number of nitrogens with one attached hydrogen (secondary N) is 1. The van der Waals surface area contributed by atoms with Crippen LogP contribution in [0.1, 0.15) is 23.3 Å². The van der Waals surface area contributed by atoms with E-state index < -0.39 is 5.91 Å². The van der Waals surface area contributed by atoms with Gasteiger partial charge in [0.15, 0.2) is 11.5 Å². The number of carbonyl (C=O) groups excluding carboxylic acids is 2. The van der Waals surface area contributed by atoms with E-state index in [-0.39, 0.29) is 11.6 Å². The molecule has 0 saturated carbocycles. The zero-order chi connectivity index (χ0) is 18.1. The molecule has 26 heavy (non-hydrogen) atoms. The molecule has 1 aliphatic heterocycles. The van der Waals surface area contributed by atoms with Crippen LogP contribution in [0, 0.1) is 6.20 Å². The Labute approximate surface area is 148 Å². The second kappa shape index (κ2) is 6.43. The summed E-state index contributed by atoms with van der Waals surface area (Å²) in [5.74, 6) is 0.293. The minimum Gasteiger partial charge on any atom is -0.444 e. The second-order valence-corrected chi connectivity index (χ2v) is 5.85. The highest BCUT2D eigenvalue weighted by molar-refractivity contribution is 6.06. The minimum atomic E-state index is -0.445. The average Bonchev–Trinajstić information content (AvgIpc) is 3.36. The van der Waals surface area contributed by atoms with Crippen molar-refractivity contribution in [2.24, 2.45) is 7.05 Å². The third-order valence-corrected chi connectivity index (χ3v) is 3.99. The fourth-order valence-corrected chi connectivity index (χ4v) is 2.78. The number of aromatic nitrogens is 4. The van der Waals surface area contributed by atoms with E-state index in [2.05, 4.69) is 26.6 Å². The van der Waals surface area contributed by atoms with Crippen LogP contribution in [0.25, 0.3) is 11.5 Å². The number of pyridine rings is 1. The summed E-state index contributed by atoms with van der Waals surface area (Å²) in [4.78, 5) is 34.1. The van der Waals surface area contributed by atoms with Gasteiger partial charge in [-0.3, -0.25) is 24.2 Å². The average molecular weight is 351 g/mol. The van der Waals surface area contributed by atoms with Crippen molar-refractivity contribution in [3.8, 4) is 11.5 Å². The van der Waals surface area contributed by atoms with Gasteiger partial charge in [-0.25, -0.2) is 4.98 Å². The number of hydrogen-bond donors (Lipinski definition) is 1. The van der Waals surface area contributed by atoms with Crippen LogP contribution in [0.5, 0.6) is 0 Å². The first-order valence-electron chi connectivity index (χ1n) is 8.05. The van der Waals surface area contributed by atoms with E-state index in [1.165, 1.54) is 6.26 Å². The summed E-state index contributed by atoms with van der Waals surface area (Å²) in [7, 11) is 1.73. The zero-order valence-electron chi connectivity index (χ0n) is 14.0. The van der Waals surface area contributed by atoms with Crippen LogP contribution < -0.4 is 10.2 Å². The van der Waals surface area contributed by atoms with Crippen molar-refractivity contribution >= 4 is 23.3 Å². The Balaban J connectivity index is 1.56. The molecule has 4 heterocycles. The number of oxazole rings is 1. The van der Waals surface area contributed by atoms with Crippen molar-refractivity contribution in [3.63, 3.8) is 0 Å². The maximum Gasteiger partial charge on any atom is 0.277 e. The largest absolute Gasteiger partial charge is 0.444 e. The van der Waals surface area contributed by atoms with Crippen molar-refractivity contribution in [2.45, 2.75) is 12.8 Å². The van der Waals surface area contributed by atoms with Gasteiger partial charge in [0.2, 0.25) is 11.8 Å². The number of nitrogens with zero attached hydrogens (tertiary/aromatic N) is 5. The van der Waals surface area contributed by atoms with Gasteiger partial charge < -0.3 is 9.73 Å². The Morgan fingerprint density at radius 1 is 1.42 bits per heavy atom. The third-order valence-electron chi connectivity index (χ3n) is 3.99. The molecule has 0 aliphatic carbocycles. The maximum atomic E-state index is 12.5. The molecular formula is C17H15N6O3. The van der Waals surface area contributed by atoms with Gasteiger partial charge in [0, 0.05) is 31.8 Å². The molecule has 1 aliphatic rings. The number of aryl methyl sites for hydroxylation is 1. The molecule has 2 amide bonds. The van der Waals surface area contributed by atoms with Crippen molar-refractivity contribution in [2.75, 3.05) is 16.8 Å². The van der Waals surface area contributed by atoms with E-state index in [4.69, 9.17) is 4.42 Å².